The Morgan fingerprint density at radius 3 is 2.48 bits per heavy atom. The van der Waals surface area contributed by atoms with Gasteiger partial charge < -0.3 is 14.5 Å². The van der Waals surface area contributed by atoms with Gasteiger partial charge in [-0.25, -0.2) is 0 Å². The fraction of sp³-hybridized carbons (Fsp3) is 0.529. The number of morpholine rings is 1. The molecule has 0 bridgehead atoms. The van der Waals surface area contributed by atoms with Crippen molar-refractivity contribution in [3.63, 3.8) is 0 Å². The molecule has 0 aromatic heterocycles. The second-order valence-corrected chi connectivity index (χ2v) is 6.56. The van der Waals surface area contributed by atoms with Crippen LogP contribution >= 0.6 is 11.6 Å². The molecule has 5 nitrogen and oxygen atoms in total. The van der Waals surface area contributed by atoms with Crippen molar-refractivity contribution in [2.45, 2.75) is 31.4 Å². The van der Waals surface area contributed by atoms with Crippen LogP contribution in [-0.4, -0.2) is 54.5 Å². The van der Waals surface area contributed by atoms with E-state index in [1.807, 2.05) is 17.0 Å². The van der Waals surface area contributed by atoms with Crippen molar-refractivity contribution in [2.75, 3.05) is 26.7 Å². The van der Waals surface area contributed by atoms with Gasteiger partial charge in [-0.2, -0.15) is 0 Å². The number of likely N-dealkylation sites (tertiary alicyclic amines) is 1. The smallest absolute Gasteiger partial charge is 0.254 e. The van der Waals surface area contributed by atoms with E-state index >= 15 is 0 Å². The zero-order valence-electron chi connectivity index (χ0n) is 13.2. The minimum Gasteiger partial charge on any atom is -0.356 e. The number of halogens is 1. The highest BCUT2D eigenvalue weighted by atomic mass is 35.5. The summed E-state index contributed by atoms with van der Waals surface area (Å²) in [6, 6.07) is 6.82. The van der Waals surface area contributed by atoms with Crippen molar-refractivity contribution in [1.82, 2.24) is 9.80 Å². The zero-order chi connectivity index (χ0) is 16.4. The predicted octanol–water partition coefficient (Wildman–Crippen LogP) is 2.25. The lowest BCUT2D eigenvalue weighted by Crippen LogP contribution is -2.54. The van der Waals surface area contributed by atoms with Crippen LogP contribution in [0.1, 0.15) is 30.9 Å². The first-order chi connectivity index (χ1) is 11.1. The lowest BCUT2D eigenvalue weighted by molar-refractivity contribution is -0.167. The van der Waals surface area contributed by atoms with Gasteiger partial charge in [0, 0.05) is 25.2 Å². The first-order valence-electron chi connectivity index (χ1n) is 7.99. The summed E-state index contributed by atoms with van der Waals surface area (Å²) in [4.78, 5) is 28.4. The van der Waals surface area contributed by atoms with E-state index in [1.165, 1.54) is 0 Å². The summed E-state index contributed by atoms with van der Waals surface area (Å²) in [6.07, 6.45) is 2.56. The van der Waals surface area contributed by atoms with Gasteiger partial charge in [0.25, 0.3) is 5.91 Å². The maximum absolute atomic E-state index is 12.9. The molecule has 2 aliphatic heterocycles. The number of hydrogen-bond acceptors (Lipinski definition) is 3. The Kier molecular flexibility index (Phi) is 4.87. The topological polar surface area (TPSA) is 49.9 Å². The molecule has 0 radical (unpaired) electrons. The van der Waals surface area contributed by atoms with Gasteiger partial charge in [-0.15, -0.1) is 0 Å². The van der Waals surface area contributed by atoms with Crippen molar-refractivity contribution >= 4 is 23.4 Å². The molecular weight excluding hydrogens is 316 g/mol. The molecule has 124 valence electrons. The van der Waals surface area contributed by atoms with Crippen LogP contribution in [-0.2, 0) is 14.3 Å². The summed E-state index contributed by atoms with van der Waals surface area (Å²) in [5.41, 5.74) is 0.861. The van der Waals surface area contributed by atoms with Crippen LogP contribution in [0, 0.1) is 0 Å². The van der Waals surface area contributed by atoms with Crippen molar-refractivity contribution in [1.29, 1.82) is 0 Å². The van der Waals surface area contributed by atoms with Gasteiger partial charge in [0.05, 0.1) is 6.04 Å². The first kappa shape index (κ1) is 16.3. The molecular formula is C17H21ClN2O3. The Labute approximate surface area is 141 Å². The molecule has 0 saturated carbocycles. The van der Waals surface area contributed by atoms with E-state index in [2.05, 4.69) is 0 Å². The highest BCUT2D eigenvalue weighted by molar-refractivity contribution is 6.30. The number of amides is 2. The fourth-order valence-electron chi connectivity index (χ4n) is 3.27. The van der Waals surface area contributed by atoms with Gasteiger partial charge in [0.15, 0.2) is 6.10 Å². The average molecular weight is 337 g/mol. The fourth-order valence-corrected chi connectivity index (χ4v) is 3.40. The SMILES string of the molecule is CN1C(=O)CO[C@H](C(=O)N2CCCCC2)[C@@H]1c1ccc(Cl)cc1. The van der Waals surface area contributed by atoms with Gasteiger partial charge in [-0.1, -0.05) is 23.7 Å². The molecule has 0 aliphatic carbocycles. The number of nitrogens with zero attached hydrogens (tertiary/aromatic N) is 2. The number of piperidine rings is 1. The summed E-state index contributed by atoms with van der Waals surface area (Å²) >= 11 is 5.95. The van der Waals surface area contributed by atoms with E-state index in [9.17, 15) is 9.59 Å². The van der Waals surface area contributed by atoms with Gasteiger partial charge in [0.2, 0.25) is 5.91 Å². The molecule has 23 heavy (non-hydrogen) atoms. The minimum atomic E-state index is -0.656. The third-order valence-corrected chi connectivity index (χ3v) is 4.86. The summed E-state index contributed by atoms with van der Waals surface area (Å²) in [7, 11) is 1.72. The summed E-state index contributed by atoms with van der Waals surface area (Å²) in [5.74, 6) is -0.142. The van der Waals surface area contributed by atoms with E-state index in [1.54, 1.807) is 24.1 Å². The quantitative estimate of drug-likeness (QED) is 0.832. The monoisotopic (exact) mass is 336 g/mol. The molecule has 2 fully saturated rings. The van der Waals surface area contributed by atoms with E-state index in [-0.39, 0.29) is 18.4 Å². The molecule has 0 spiro atoms. The number of hydrogen-bond donors (Lipinski definition) is 0. The van der Waals surface area contributed by atoms with Crippen molar-refractivity contribution in [2.24, 2.45) is 0 Å². The number of ether oxygens (including phenoxy) is 1. The molecule has 0 N–H and O–H groups in total. The molecule has 3 rings (SSSR count). The van der Waals surface area contributed by atoms with Crippen LogP contribution in [0.5, 0.6) is 0 Å². The maximum Gasteiger partial charge on any atom is 0.254 e. The third kappa shape index (κ3) is 3.35. The molecule has 6 heteroatoms. The number of benzene rings is 1. The Morgan fingerprint density at radius 1 is 1.17 bits per heavy atom. The molecule has 0 unspecified atom stereocenters. The van der Waals surface area contributed by atoms with E-state index < -0.39 is 12.1 Å². The second-order valence-electron chi connectivity index (χ2n) is 6.12. The van der Waals surface area contributed by atoms with E-state index in [0.29, 0.717) is 5.02 Å². The molecule has 2 amide bonds. The Balaban J connectivity index is 1.87. The largest absolute Gasteiger partial charge is 0.356 e. The highest BCUT2D eigenvalue weighted by Crippen LogP contribution is 2.31. The summed E-state index contributed by atoms with van der Waals surface area (Å²) in [6.45, 7) is 1.48. The molecule has 1 aromatic rings. The van der Waals surface area contributed by atoms with Crippen molar-refractivity contribution in [3.05, 3.63) is 34.9 Å². The summed E-state index contributed by atoms with van der Waals surface area (Å²) in [5, 5.41) is 0.623. The average Bonchev–Trinajstić information content (AvgIpc) is 2.58. The number of rotatable bonds is 2. The normalized spacial score (nSPS) is 25.6. The van der Waals surface area contributed by atoms with E-state index in [4.69, 9.17) is 16.3 Å². The molecule has 2 aliphatic rings. The van der Waals surface area contributed by atoms with Gasteiger partial charge in [0.1, 0.15) is 6.61 Å². The number of carbonyl (C=O) groups is 2. The van der Waals surface area contributed by atoms with Crippen molar-refractivity contribution in [3.8, 4) is 0 Å². The third-order valence-electron chi connectivity index (χ3n) is 4.61. The van der Waals surface area contributed by atoms with E-state index in [0.717, 1.165) is 37.9 Å². The van der Waals surface area contributed by atoms with Crippen LogP contribution in [0.3, 0.4) is 0 Å². The second kappa shape index (κ2) is 6.89. The Hall–Kier alpha value is -1.59. The van der Waals surface area contributed by atoms with Crippen LogP contribution in [0.2, 0.25) is 5.02 Å². The van der Waals surface area contributed by atoms with Gasteiger partial charge in [-0.05, 0) is 37.0 Å². The van der Waals surface area contributed by atoms with Crippen LogP contribution < -0.4 is 0 Å². The highest BCUT2D eigenvalue weighted by Gasteiger charge is 2.41. The number of carbonyl (C=O) groups excluding carboxylic acids is 2. The molecule has 2 heterocycles. The molecule has 1 aromatic carbocycles. The maximum atomic E-state index is 12.9. The lowest BCUT2D eigenvalue weighted by Gasteiger charge is -2.41. The molecule has 2 saturated heterocycles. The van der Waals surface area contributed by atoms with Crippen LogP contribution in [0.25, 0.3) is 0 Å². The van der Waals surface area contributed by atoms with Crippen LogP contribution in [0.15, 0.2) is 24.3 Å². The Bertz CT molecular complexity index is 584. The van der Waals surface area contributed by atoms with Gasteiger partial charge >= 0.3 is 0 Å². The molecule has 2 atom stereocenters. The zero-order valence-corrected chi connectivity index (χ0v) is 14.0. The lowest BCUT2D eigenvalue weighted by atomic mass is 9.96. The Morgan fingerprint density at radius 2 is 1.83 bits per heavy atom. The predicted molar refractivity (Wildman–Crippen MR) is 87.1 cm³/mol. The first-order valence-corrected chi connectivity index (χ1v) is 8.37. The standard InChI is InChI=1S/C17H21ClN2O3/c1-19-14(21)11-23-16(17(22)20-9-3-2-4-10-20)15(19)12-5-7-13(18)8-6-12/h5-8,15-16H,2-4,9-11H2,1H3/t15-,16-/m0/s1. The minimum absolute atomic E-state index is 0.0241. The summed E-state index contributed by atoms with van der Waals surface area (Å²) < 4.78 is 5.66. The number of likely N-dealkylation sites (N-methyl/N-ethyl adjacent to an activating group) is 1. The van der Waals surface area contributed by atoms with Gasteiger partial charge in [-0.3, -0.25) is 9.59 Å². The van der Waals surface area contributed by atoms with Crippen molar-refractivity contribution < 1.29 is 14.3 Å². The van der Waals surface area contributed by atoms with Crippen LogP contribution in [0.4, 0.5) is 0 Å².